The molecular formula is C12H19NO4S. The molecule has 1 aliphatic rings. The minimum absolute atomic E-state index is 0.257. The predicted molar refractivity (Wildman–Crippen MR) is 70.1 cm³/mol. The lowest BCUT2D eigenvalue weighted by atomic mass is 9.87. The van der Waals surface area contributed by atoms with E-state index < -0.39 is 29.0 Å². The molecule has 0 aromatic heterocycles. The fraction of sp³-hybridized carbons (Fsp3) is 0.750. The highest BCUT2D eigenvalue weighted by Gasteiger charge is 2.50. The number of rotatable bonds is 2. The van der Waals surface area contributed by atoms with Crippen molar-refractivity contribution in [3.63, 3.8) is 0 Å². The highest BCUT2D eigenvalue weighted by Crippen LogP contribution is 2.34. The summed E-state index contributed by atoms with van der Waals surface area (Å²) in [4.78, 5) is 23.9. The second-order valence-corrected chi connectivity index (χ2v) is 6.00. The van der Waals surface area contributed by atoms with Crippen LogP contribution < -0.4 is 5.32 Å². The summed E-state index contributed by atoms with van der Waals surface area (Å²) >= 11 is 5.14. The summed E-state index contributed by atoms with van der Waals surface area (Å²) in [6.07, 6.45) is 0.257. The molecule has 1 rings (SSSR count). The van der Waals surface area contributed by atoms with Gasteiger partial charge in [0, 0.05) is 6.42 Å². The molecule has 102 valence electrons. The molecular weight excluding hydrogens is 254 g/mol. The van der Waals surface area contributed by atoms with Crippen LogP contribution in [-0.2, 0) is 19.1 Å². The van der Waals surface area contributed by atoms with Crippen LogP contribution in [0.5, 0.6) is 0 Å². The third-order valence-corrected chi connectivity index (χ3v) is 3.32. The second-order valence-electron chi connectivity index (χ2n) is 5.59. The van der Waals surface area contributed by atoms with Crippen LogP contribution in [0.25, 0.3) is 0 Å². The van der Waals surface area contributed by atoms with Gasteiger partial charge in [-0.05, 0) is 27.7 Å². The molecule has 5 nitrogen and oxygen atoms in total. The van der Waals surface area contributed by atoms with E-state index in [9.17, 15) is 9.59 Å². The van der Waals surface area contributed by atoms with Crippen molar-refractivity contribution in [2.45, 2.75) is 45.8 Å². The van der Waals surface area contributed by atoms with Gasteiger partial charge in [0.15, 0.2) is 0 Å². The zero-order chi connectivity index (χ0) is 14.1. The number of nitrogens with one attached hydrogen (secondary N) is 1. The number of carbonyl (C=O) groups excluding carboxylic acids is 2. The minimum Gasteiger partial charge on any atom is -0.467 e. The topological polar surface area (TPSA) is 64.6 Å². The molecule has 2 atom stereocenters. The lowest BCUT2D eigenvalue weighted by Crippen LogP contribution is -2.40. The first kappa shape index (κ1) is 14.9. The lowest BCUT2D eigenvalue weighted by Gasteiger charge is -2.27. The number of esters is 2. The normalized spacial score (nSPS) is 27.6. The molecule has 0 radical (unpaired) electrons. The van der Waals surface area contributed by atoms with E-state index in [-0.39, 0.29) is 6.42 Å². The van der Waals surface area contributed by atoms with Crippen LogP contribution in [0.3, 0.4) is 0 Å². The number of carbonyl (C=O) groups is 2. The summed E-state index contributed by atoms with van der Waals surface area (Å²) in [5.41, 5.74) is -1.56. The number of ether oxygens (including phenoxy) is 2. The molecule has 0 bridgehead atoms. The standard InChI is InChI=1S/C12H19NO4S/c1-11(2,3)17-10(15)12(4)6-7(8(14)16-5)13-9(12)18/h7H,6H2,1-5H3,(H,13,18). The van der Waals surface area contributed by atoms with Crippen molar-refractivity contribution in [2.75, 3.05) is 7.11 Å². The first-order valence-corrected chi connectivity index (χ1v) is 6.13. The number of thiocarbonyl (C=S) groups is 1. The molecule has 18 heavy (non-hydrogen) atoms. The van der Waals surface area contributed by atoms with E-state index in [4.69, 9.17) is 17.0 Å². The fourth-order valence-corrected chi connectivity index (χ4v) is 2.03. The van der Waals surface area contributed by atoms with Crippen molar-refractivity contribution < 1.29 is 19.1 Å². The fourth-order valence-electron chi connectivity index (χ4n) is 1.72. The molecule has 1 aliphatic heterocycles. The van der Waals surface area contributed by atoms with Crippen LogP contribution in [0.2, 0.25) is 0 Å². The van der Waals surface area contributed by atoms with Crippen molar-refractivity contribution in [3.05, 3.63) is 0 Å². The van der Waals surface area contributed by atoms with Gasteiger partial charge in [-0.3, -0.25) is 4.79 Å². The van der Waals surface area contributed by atoms with E-state index >= 15 is 0 Å². The smallest absolute Gasteiger partial charge is 0.328 e. The van der Waals surface area contributed by atoms with Crippen LogP contribution in [-0.4, -0.2) is 35.7 Å². The van der Waals surface area contributed by atoms with Crippen LogP contribution in [0, 0.1) is 5.41 Å². The molecule has 1 saturated heterocycles. The van der Waals surface area contributed by atoms with Crippen LogP contribution >= 0.6 is 12.2 Å². The first-order valence-electron chi connectivity index (χ1n) is 5.72. The maximum Gasteiger partial charge on any atom is 0.328 e. The zero-order valence-electron chi connectivity index (χ0n) is 11.3. The quantitative estimate of drug-likeness (QED) is 0.602. The van der Waals surface area contributed by atoms with Crippen molar-refractivity contribution in [1.82, 2.24) is 5.32 Å². The summed E-state index contributed by atoms with van der Waals surface area (Å²) in [7, 11) is 1.30. The summed E-state index contributed by atoms with van der Waals surface area (Å²) in [6, 6.07) is -0.583. The van der Waals surface area contributed by atoms with E-state index in [0.29, 0.717) is 4.99 Å². The molecule has 1 heterocycles. The van der Waals surface area contributed by atoms with E-state index in [2.05, 4.69) is 10.1 Å². The van der Waals surface area contributed by atoms with Gasteiger partial charge in [-0.15, -0.1) is 0 Å². The van der Waals surface area contributed by atoms with Gasteiger partial charge < -0.3 is 14.8 Å². The van der Waals surface area contributed by atoms with E-state index in [1.165, 1.54) is 7.11 Å². The molecule has 0 aliphatic carbocycles. The highest BCUT2D eigenvalue weighted by molar-refractivity contribution is 7.80. The summed E-state index contributed by atoms with van der Waals surface area (Å²) in [5.74, 6) is -0.844. The van der Waals surface area contributed by atoms with Crippen molar-refractivity contribution in [1.29, 1.82) is 0 Å². The van der Waals surface area contributed by atoms with Gasteiger partial charge in [0.2, 0.25) is 0 Å². The lowest BCUT2D eigenvalue weighted by molar-refractivity contribution is -0.162. The van der Waals surface area contributed by atoms with Gasteiger partial charge in [0.05, 0.1) is 12.1 Å². The van der Waals surface area contributed by atoms with E-state index in [1.54, 1.807) is 27.7 Å². The summed E-state index contributed by atoms with van der Waals surface area (Å²) in [6.45, 7) is 7.05. The van der Waals surface area contributed by atoms with E-state index in [0.717, 1.165) is 0 Å². The first-order chi connectivity index (χ1) is 8.10. The minimum atomic E-state index is -0.971. The Kier molecular flexibility index (Phi) is 4.00. The Bertz CT molecular complexity index is 388. The Balaban J connectivity index is 2.84. The average molecular weight is 273 g/mol. The van der Waals surface area contributed by atoms with Gasteiger partial charge in [0.1, 0.15) is 17.1 Å². The van der Waals surface area contributed by atoms with Crippen LogP contribution in [0.1, 0.15) is 34.1 Å². The monoisotopic (exact) mass is 273 g/mol. The second kappa shape index (κ2) is 4.84. The van der Waals surface area contributed by atoms with Gasteiger partial charge >= 0.3 is 11.9 Å². The van der Waals surface area contributed by atoms with E-state index in [1.807, 2.05) is 0 Å². The molecule has 6 heteroatoms. The van der Waals surface area contributed by atoms with Crippen molar-refractivity contribution in [2.24, 2.45) is 5.41 Å². The highest BCUT2D eigenvalue weighted by atomic mass is 32.1. The van der Waals surface area contributed by atoms with Gasteiger partial charge in [0.25, 0.3) is 0 Å². The Labute approximate surface area is 112 Å². The molecule has 2 unspecified atom stereocenters. The van der Waals surface area contributed by atoms with Crippen molar-refractivity contribution in [3.8, 4) is 0 Å². The molecule has 0 saturated carbocycles. The van der Waals surface area contributed by atoms with Crippen LogP contribution in [0.15, 0.2) is 0 Å². The van der Waals surface area contributed by atoms with Crippen LogP contribution in [0.4, 0.5) is 0 Å². The maximum absolute atomic E-state index is 12.1. The Morgan fingerprint density at radius 1 is 1.44 bits per heavy atom. The molecule has 1 fully saturated rings. The third-order valence-electron chi connectivity index (χ3n) is 2.75. The number of methoxy groups -OCH3 is 1. The Hall–Kier alpha value is -1.17. The number of hydrogen-bond acceptors (Lipinski definition) is 5. The SMILES string of the molecule is COC(=O)C1CC(C)(C(=O)OC(C)(C)C)C(=S)N1. The third kappa shape index (κ3) is 2.98. The van der Waals surface area contributed by atoms with Crippen molar-refractivity contribution >= 4 is 29.1 Å². The molecule has 0 aromatic carbocycles. The molecule has 0 spiro atoms. The summed E-state index contributed by atoms with van der Waals surface area (Å²) < 4.78 is 9.98. The van der Waals surface area contributed by atoms with Gasteiger partial charge in [-0.1, -0.05) is 12.2 Å². The Morgan fingerprint density at radius 3 is 2.44 bits per heavy atom. The average Bonchev–Trinajstić information content (AvgIpc) is 2.53. The largest absolute Gasteiger partial charge is 0.467 e. The summed E-state index contributed by atoms with van der Waals surface area (Å²) in [5, 5.41) is 2.82. The Morgan fingerprint density at radius 2 is 2.00 bits per heavy atom. The number of hydrogen-bond donors (Lipinski definition) is 1. The molecule has 1 N–H and O–H groups in total. The zero-order valence-corrected chi connectivity index (χ0v) is 12.1. The maximum atomic E-state index is 12.1. The van der Waals surface area contributed by atoms with Gasteiger partial charge in [-0.25, -0.2) is 4.79 Å². The predicted octanol–water partition coefficient (Wildman–Crippen LogP) is 1.20. The molecule has 0 amide bonds. The van der Waals surface area contributed by atoms with Gasteiger partial charge in [-0.2, -0.15) is 0 Å². The molecule has 0 aromatic rings.